The average Bonchev–Trinajstić information content (AvgIpc) is 3.04. The van der Waals surface area contributed by atoms with Gasteiger partial charge in [0.15, 0.2) is 11.8 Å². The Kier molecular flexibility index (Phi) is 7.59. The Balaban J connectivity index is 1.69. The molecule has 0 aliphatic carbocycles. The number of aromatic nitrogens is 3. The van der Waals surface area contributed by atoms with Gasteiger partial charge < -0.3 is 19.9 Å². The first-order valence-electron chi connectivity index (χ1n) is 9.79. The SMILES string of the molecule is CSCCCCNC(=NCc1nnc(C)n1C)NC1CCOc2ccccc21. The Morgan fingerprint density at radius 2 is 2.18 bits per heavy atom. The van der Waals surface area contributed by atoms with Crippen LogP contribution in [0.5, 0.6) is 5.75 Å². The molecule has 1 aliphatic rings. The molecular weight excluding hydrogens is 372 g/mol. The Hall–Kier alpha value is -2.22. The molecule has 1 aromatic carbocycles. The number of aliphatic imine (C=N–C) groups is 1. The molecule has 2 heterocycles. The molecule has 1 atom stereocenters. The van der Waals surface area contributed by atoms with E-state index in [1.807, 2.05) is 42.4 Å². The molecule has 1 aliphatic heterocycles. The number of aryl methyl sites for hydroxylation is 1. The molecule has 2 N–H and O–H groups in total. The lowest BCUT2D eigenvalue weighted by atomic mass is 10.0. The van der Waals surface area contributed by atoms with Crippen molar-refractivity contribution >= 4 is 17.7 Å². The second-order valence-corrected chi connectivity index (χ2v) is 7.87. The number of rotatable bonds is 8. The van der Waals surface area contributed by atoms with Crippen LogP contribution >= 0.6 is 11.8 Å². The van der Waals surface area contributed by atoms with Crippen molar-refractivity contribution in [2.45, 2.75) is 38.8 Å². The summed E-state index contributed by atoms with van der Waals surface area (Å²) in [6.45, 7) is 4.04. The van der Waals surface area contributed by atoms with E-state index < -0.39 is 0 Å². The standard InChI is InChI=1S/C20H30N6OS/c1-15-24-25-19(26(15)2)14-22-20(21-11-6-7-13-28-3)23-17-10-12-27-18-9-5-4-8-16(17)18/h4-5,8-9,17H,6-7,10-14H2,1-3H3,(H2,21,22,23). The second-order valence-electron chi connectivity index (χ2n) is 6.89. The lowest BCUT2D eigenvalue weighted by Crippen LogP contribution is -2.41. The van der Waals surface area contributed by atoms with E-state index in [1.165, 1.54) is 17.7 Å². The van der Waals surface area contributed by atoms with E-state index in [0.717, 1.165) is 42.7 Å². The van der Waals surface area contributed by atoms with Crippen LogP contribution in [0.4, 0.5) is 0 Å². The van der Waals surface area contributed by atoms with E-state index in [9.17, 15) is 0 Å². The number of hydrogen-bond donors (Lipinski definition) is 2. The van der Waals surface area contributed by atoms with Gasteiger partial charge in [0.1, 0.15) is 18.1 Å². The summed E-state index contributed by atoms with van der Waals surface area (Å²) in [6.07, 6.45) is 5.37. The summed E-state index contributed by atoms with van der Waals surface area (Å²) in [5, 5.41) is 15.4. The highest BCUT2D eigenvalue weighted by atomic mass is 32.2. The van der Waals surface area contributed by atoms with Gasteiger partial charge in [-0.3, -0.25) is 0 Å². The highest BCUT2D eigenvalue weighted by molar-refractivity contribution is 7.98. The number of para-hydroxylation sites is 1. The quantitative estimate of drug-likeness (QED) is 0.402. The van der Waals surface area contributed by atoms with Crippen molar-refractivity contribution in [3.05, 3.63) is 41.5 Å². The van der Waals surface area contributed by atoms with Gasteiger partial charge >= 0.3 is 0 Å². The van der Waals surface area contributed by atoms with E-state index in [4.69, 9.17) is 9.73 Å². The maximum atomic E-state index is 5.78. The zero-order valence-electron chi connectivity index (χ0n) is 16.9. The lowest BCUT2D eigenvalue weighted by Gasteiger charge is -2.28. The third-order valence-corrected chi connectivity index (χ3v) is 5.60. The van der Waals surface area contributed by atoms with Gasteiger partial charge in [-0.2, -0.15) is 11.8 Å². The summed E-state index contributed by atoms with van der Waals surface area (Å²) in [4.78, 5) is 4.78. The van der Waals surface area contributed by atoms with Crippen LogP contribution in [0.25, 0.3) is 0 Å². The highest BCUT2D eigenvalue weighted by Gasteiger charge is 2.22. The molecule has 152 valence electrons. The number of guanidine groups is 1. The Bertz CT molecular complexity index is 791. The number of nitrogens with zero attached hydrogens (tertiary/aromatic N) is 4. The Labute approximate surface area is 171 Å². The van der Waals surface area contributed by atoms with Crippen molar-refractivity contribution in [3.8, 4) is 5.75 Å². The fourth-order valence-electron chi connectivity index (χ4n) is 3.13. The molecule has 28 heavy (non-hydrogen) atoms. The van der Waals surface area contributed by atoms with Gasteiger partial charge in [0.05, 0.1) is 12.6 Å². The van der Waals surface area contributed by atoms with Crippen LogP contribution in [0.1, 0.15) is 42.5 Å². The molecule has 0 saturated heterocycles. The molecule has 1 aromatic heterocycles. The minimum absolute atomic E-state index is 0.184. The first-order valence-corrected chi connectivity index (χ1v) is 11.2. The van der Waals surface area contributed by atoms with Crippen molar-refractivity contribution in [1.29, 1.82) is 0 Å². The minimum atomic E-state index is 0.184. The molecule has 7 nitrogen and oxygen atoms in total. The van der Waals surface area contributed by atoms with Gasteiger partial charge in [0.25, 0.3) is 0 Å². The summed E-state index contributed by atoms with van der Waals surface area (Å²) >= 11 is 1.89. The van der Waals surface area contributed by atoms with Crippen LogP contribution in [0.3, 0.4) is 0 Å². The largest absolute Gasteiger partial charge is 0.493 e. The van der Waals surface area contributed by atoms with Crippen molar-refractivity contribution in [1.82, 2.24) is 25.4 Å². The van der Waals surface area contributed by atoms with Gasteiger partial charge in [-0.15, -0.1) is 10.2 Å². The molecule has 0 fully saturated rings. The average molecular weight is 403 g/mol. The molecule has 0 saturated carbocycles. The van der Waals surface area contributed by atoms with Gasteiger partial charge in [-0.05, 0) is 37.8 Å². The first kappa shape index (κ1) is 20.5. The fourth-order valence-corrected chi connectivity index (χ4v) is 3.62. The summed E-state index contributed by atoms with van der Waals surface area (Å²) in [5.41, 5.74) is 1.18. The molecule has 3 rings (SSSR count). The molecule has 0 radical (unpaired) electrons. The Morgan fingerprint density at radius 1 is 1.32 bits per heavy atom. The van der Waals surface area contributed by atoms with Crippen LogP contribution in [0.2, 0.25) is 0 Å². The van der Waals surface area contributed by atoms with Gasteiger partial charge in [-0.25, -0.2) is 4.99 Å². The van der Waals surface area contributed by atoms with Crippen molar-refractivity contribution in [2.75, 3.05) is 25.2 Å². The van der Waals surface area contributed by atoms with Crippen LogP contribution < -0.4 is 15.4 Å². The normalized spacial score (nSPS) is 16.4. The molecular formula is C20H30N6OS. The number of thioether (sulfide) groups is 1. The molecule has 1 unspecified atom stereocenters. The van der Waals surface area contributed by atoms with Crippen LogP contribution in [-0.2, 0) is 13.6 Å². The van der Waals surface area contributed by atoms with Gasteiger partial charge in [0, 0.05) is 25.6 Å². The topological polar surface area (TPSA) is 76.4 Å². The summed E-state index contributed by atoms with van der Waals surface area (Å²) in [6, 6.07) is 8.39. The Morgan fingerprint density at radius 3 is 2.96 bits per heavy atom. The van der Waals surface area contributed by atoms with E-state index in [0.29, 0.717) is 13.2 Å². The summed E-state index contributed by atoms with van der Waals surface area (Å²) < 4.78 is 7.76. The molecule has 2 aromatic rings. The first-order chi connectivity index (χ1) is 13.7. The maximum Gasteiger partial charge on any atom is 0.192 e. The molecule has 0 amide bonds. The van der Waals surface area contributed by atoms with Crippen LogP contribution in [0.15, 0.2) is 29.3 Å². The number of unbranched alkanes of at least 4 members (excludes halogenated alkanes) is 1. The zero-order chi connectivity index (χ0) is 19.8. The van der Waals surface area contributed by atoms with Crippen LogP contribution in [-0.4, -0.2) is 45.9 Å². The van der Waals surface area contributed by atoms with E-state index in [2.05, 4.69) is 39.2 Å². The van der Waals surface area contributed by atoms with Crippen molar-refractivity contribution in [3.63, 3.8) is 0 Å². The molecule has 8 heteroatoms. The minimum Gasteiger partial charge on any atom is -0.493 e. The number of hydrogen-bond acceptors (Lipinski definition) is 5. The predicted molar refractivity (Wildman–Crippen MR) is 115 cm³/mol. The molecule has 0 spiro atoms. The third kappa shape index (κ3) is 5.41. The van der Waals surface area contributed by atoms with Crippen molar-refractivity contribution < 1.29 is 4.74 Å². The second kappa shape index (κ2) is 10.4. The molecule has 0 bridgehead atoms. The van der Waals surface area contributed by atoms with E-state index >= 15 is 0 Å². The zero-order valence-corrected chi connectivity index (χ0v) is 17.8. The summed E-state index contributed by atoms with van der Waals surface area (Å²) in [5.74, 6) is 4.70. The van der Waals surface area contributed by atoms with Gasteiger partial charge in [0.2, 0.25) is 0 Å². The highest BCUT2D eigenvalue weighted by Crippen LogP contribution is 2.31. The number of nitrogens with one attached hydrogen (secondary N) is 2. The van der Waals surface area contributed by atoms with E-state index in [-0.39, 0.29) is 6.04 Å². The predicted octanol–water partition coefficient (Wildman–Crippen LogP) is 2.83. The fraction of sp³-hybridized carbons (Fsp3) is 0.550. The monoisotopic (exact) mass is 402 g/mol. The van der Waals surface area contributed by atoms with Crippen molar-refractivity contribution in [2.24, 2.45) is 12.0 Å². The number of fused-ring (bicyclic) bond motifs is 1. The number of benzene rings is 1. The van der Waals surface area contributed by atoms with Crippen LogP contribution in [0, 0.1) is 6.92 Å². The maximum absolute atomic E-state index is 5.78. The number of ether oxygens (including phenoxy) is 1. The van der Waals surface area contributed by atoms with E-state index in [1.54, 1.807) is 0 Å². The van der Waals surface area contributed by atoms with Gasteiger partial charge in [-0.1, -0.05) is 18.2 Å². The lowest BCUT2D eigenvalue weighted by molar-refractivity contribution is 0.261. The summed E-state index contributed by atoms with van der Waals surface area (Å²) in [7, 11) is 1.97. The third-order valence-electron chi connectivity index (χ3n) is 4.90. The smallest absolute Gasteiger partial charge is 0.192 e.